The summed E-state index contributed by atoms with van der Waals surface area (Å²) in [6.45, 7) is 3.61. The number of rotatable bonds is 3. The van der Waals surface area contributed by atoms with Crippen molar-refractivity contribution < 1.29 is 9.53 Å². The fourth-order valence-electron chi connectivity index (χ4n) is 1.99. The van der Waals surface area contributed by atoms with Gasteiger partial charge in [0.1, 0.15) is 17.7 Å². The van der Waals surface area contributed by atoms with Crippen LogP contribution in [0.3, 0.4) is 0 Å². The van der Waals surface area contributed by atoms with E-state index in [2.05, 4.69) is 11.1 Å². The number of hydrogen-bond donors (Lipinski definition) is 1. The first-order valence-corrected chi connectivity index (χ1v) is 6.59. The van der Waals surface area contributed by atoms with E-state index < -0.39 is 5.97 Å². The van der Waals surface area contributed by atoms with Gasteiger partial charge in [0.05, 0.1) is 17.9 Å². The average Bonchev–Trinajstić information content (AvgIpc) is 2.74. The van der Waals surface area contributed by atoms with Crippen LogP contribution in [0.15, 0.2) is 18.2 Å². The van der Waals surface area contributed by atoms with Crippen LogP contribution in [-0.2, 0) is 4.74 Å². The smallest absolute Gasteiger partial charge is 0.360 e. The molecule has 0 aliphatic heterocycles. The summed E-state index contributed by atoms with van der Waals surface area (Å²) in [5.74, 6) is -0.0172. The highest BCUT2D eigenvalue weighted by atomic mass is 35.5. The maximum atomic E-state index is 11.8. The Morgan fingerprint density at radius 3 is 2.90 bits per heavy atom. The third-order valence-corrected chi connectivity index (χ3v) is 3.11. The number of hydrogen-bond acceptors (Lipinski definition) is 5. The molecule has 0 atom stereocenters. The molecule has 0 unspecified atom stereocenters. The zero-order chi connectivity index (χ0) is 15.6. The number of nitrogen functional groups attached to an aromatic ring is 1. The Morgan fingerprint density at radius 1 is 1.57 bits per heavy atom. The van der Waals surface area contributed by atoms with E-state index in [0.717, 1.165) is 0 Å². The van der Waals surface area contributed by atoms with E-state index in [0.29, 0.717) is 22.1 Å². The lowest BCUT2D eigenvalue weighted by molar-refractivity contribution is 0.0521. The van der Waals surface area contributed by atoms with Crippen LogP contribution in [0.4, 0.5) is 5.82 Å². The molecule has 0 fully saturated rings. The zero-order valence-electron chi connectivity index (χ0n) is 11.6. The Morgan fingerprint density at radius 2 is 2.29 bits per heavy atom. The van der Waals surface area contributed by atoms with Gasteiger partial charge in [-0.15, -0.1) is 0 Å². The van der Waals surface area contributed by atoms with Crippen LogP contribution in [0.2, 0.25) is 5.02 Å². The van der Waals surface area contributed by atoms with E-state index in [1.807, 2.05) is 0 Å². The van der Waals surface area contributed by atoms with Crippen molar-refractivity contribution in [3.63, 3.8) is 0 Å². The number of ether oxygens (including phenoxy) is 1. The molecule has 1 heterocycles. The number of imidazole rings is 1. The van der Waals surface area contributed by atoms with Gasteiger partial charge in [-0.1, -0.05) is 11.6 Å². The molecule has 0 bridgehead atoms. The molecule has 0 aliphatic carbocycles. The minimum Gasteiger partial charge on any atom is -0.461 e. The van der Waals surface area contributed by atoms with Crippen molar-refractivity contribution in [1.29, 1.82) is 5.26 Å². The van der Waals surface area contributed by atoms with Crippen molar-refractivity contribution in [3.8, 4) is 11.8 Å². The van der Waals surface area contributed by atoms with Gasteiger partial charge in [-0.25, -0.2) is 9.78 Å². The molecule has 0 radical (unpaired) electrons. The van der Waals surface area contributed by atoms with E-state index >= 15 is 0 Å². The second-order valence-electron chi connectivity index (χ2n) is 4.22. The third-order valence-electron chi connectivity index (χ3n) is 2.87. The molecule has 0 amide bonds. The minimum absolute atomic E-state index is 0.0261. The van der Waals surface area contributed by atoms with Gasteiger partial charge in [-0.2, -0.15) is 5.26 Å². The lowest BCUT2D eigenvalue weighted by atomic mass is 10.2. The largest absolute Gasteiger partial charge is 0.461 e. The number of aryl methyl sites for hydroxylation is 1. The summed E-state index contributed by atoms with van der Waals surface area (Å²) in [6.07, 6.45) is 0. The van der Waals surface area contributed by atoms with Crippen molar-refractivity contribution >= 4 is 23.4 Å². The highest BCUT2D eigenvalue weighted by Crippen LogP contribution is 2.26. The van der Waals surface area contributed by atoms with Crippen LogP contribution in [-0.4, -0.2) is 22.1 Å². The molecule has 21 heavy (non-hydrogen) atoms. The van der Waals surface area contributed by atoms with E-state index in [9.17, 15) is 10.1 Å². The molecule has 0 spiro atoms. The predicted molar refractivity (Wildman–Crippen MR) is 78.4 cm³/mol. The second-order valence-corrected chi connectivity index (χ2v) is 4.66. The molecule has 2 rings (SSSR count). The van der Waals surface area contributed by atoms with E-state index in [4.69, 9.17) is 22.1 Å². The molecule has 1 aromatic carbocycles. The number of nitrogens with two attached hydrogens (primary N) is 1. The molecule has 7 heteroatoms. The number of benzene rings is 1. The number of carbonyl (C=O) groups is 1. The normalized spacial score (nSPS) is 10.2. The van der Waals surface area contributed by atoms with Crippen molar-refractivity contribution in [2.45, 2.75) is 13.8 Å². The first-order valence-electron chi connectivity index (χ1n) is 6.21. The summed E-state index contributed by atoms with van der Waals surface area (Å²) in [7, 11) is 0. The number of nitriles is 1. The average molecular weight is 305 g/mol. The molecule has 1 aromatic heterocycles. The third kappa shape index (κ3) is 2.69. The summed E-state index contributed by atoms with van der Waals surface area (Å²) in [5, 5.41) is 9.65. The zero-order valence-corrected chi connectivity index (χ0v) is 12.3. The Labute approximate surface area is 126 Å². The fraction of sp³-hybridized carbons (Fsp3) is 0.214. The maximum Gasteiger partial charge on any atom is 0.360 e. The van der Waals surface area contributed by atoms with Crippen LogP contribution in [0.25, 0.3) is 5.69 Å². The van der Waals surface area contributed by atoms with Crippen molar-refractivity contribution in [2.24, 2.45) is 0 Å². The second kappa shape index (κ2) is 5.85. The van der Waals surface area contributed by atoms with Crippen LogP contribution >= 0.6 is 11.6 Å². The Bertz CT molecular complexity index is 746. The van der Waals surface area contributed by atoms with Gasteiger partial charge in [0, 0.05) is 5.02 Å². The topological polar surface area (TPSA) is 93.9 Å². The van der Waals surface area contributed by atoms with Gasteiger partial charge < -0.3 is 10.5 Å². The van der Waals surface area contributed by atoms with Gasteiger partial charge in [0.15, 0.2) is 5.69 Å². The highest BCUT2D eigenvalue weighted by molar-refractivity contribution is 6.30. The van der Waals surface area contributed by atoms with Gasteiger partial charge in [0.2, 0.25) is 0 Å². The van der Waals surface area contributed by atoms with Crippen LogP contribution in [0.1, 0.15) is 28.8 Å². The molecule has 0 saturated carbocycles. The first-order chi connectivity index (χ1) is 9.99. The van der Waals surface area contributed by atoms with Crippen LogP contribution in [0.5, 0.6) is 0 Å². The van der Waals surface area contributed by atoms with Crippen molar-refractivity contribution in [1.82, 2.24) is 9.55 Å². The van der Waals surface area contributed by atoms with E-state index in [1.54, 1.807) is 32.0 Å². The summed E-state index contributed by atoms with van der Waals surface area (Å²) in [4.78, 5) is 15.9. The molecule has 2 aromatic rings. The lowest BCUT2D eigenvalue weighted by Gasteiger charge is -2.10. The summed E-state index contributed by atoms with van der Waals surface area (Å²) in [6, 6.07) is 6.85. The van der Waals surface area contributed by atoms with Gasteiger partial charge in [-0.05, 0) is 32.0 Å². The SMILES string of the molecule is CCOC(=O)c1nc(C)n(-c2cc(Cl)ccc2C#N)c1N. The summed E-state index contributed by atoms with van der Waals surface area (Å²) in [5.41, 5.74) is 6.87. The number of carbonyl (C=O) groups excluding carboxylic acids is 1. The highest BCUT2D eigenvalue weighted by Gasteiger charge is 2.22. The maximum absolute atomic E-state index is 11.8. The molecular weight excluding hydrogens is 292 g/mol. The van der Waals surface area contributed by atoms with E-state index in [-0.39, 0.29) is 18.1 Å². The van der Waals surface area contributed by atoms with Crippen molar-refractivity contribution in [2.75, 3.05) is 12.3 Å². The first kappa shape index (κ1) is 14.9. The summed E-state index contributed by atoms with van der Waals surface area (Å²) < 4.78 is 6.42. The van der Waals surface area contributed by atoms with Crippen molar-refractivity contribution in [3.05, 3.63) is 40.3 Å². The predicted octanol–water partition coefficient (Wildman–Crippen LogP) is 2.46. The lowest BCUT2D eigenvalue weighted by Crippen LogP contribution is -2.10. The fourth-order valence-corrected chi connectivity index (χ4v) is 2.15. The standard InChI is InChI=1S/C14H13ClN4O2/c1-3-21-14(20)12-13(17)19(8(2)18-12)11-6-10(15)5-4-9(11)7-16/h4-6H,3,17H2,1-2H3. The van der Waals surface area contributed by atoms with E-state index in [1.165, 1.54) is 4.57 Å². The van der Waals surface area contributed by atoms with Gasteiger partial charge in [-0.3, -0.25) is 4.57 Å². The number of aromatic nitrogens is 2. The quantitative estimate of drug-likeness (QED) is 0.879. The molecule has 0 aliphatic rings. The summed E-state index contributed by atoms with van der Waals surface area (Å²) >= 11 is 5.97. The number of anilines is 1. The Balaban J connectivity index is 2.64. The minimum atomic E-state index is -0.600. The molecule has 0 saturated heterocycles. The van der Waals surface area contributed by atoms with Gasteiger partial charge in [0.25, 0.3) is 0 Å². The number of halogens is 1. The monoisotopic (exact) mass is 304 g/mol. The van der Waals surface area contributed by atoms with Gasteiger partial charge >= 0.3 is 5.97 Å². The number of nitrogens with zero attached hydrogens (tertiary/aromatic N) is 3. The molecule has 108 valence electrons. The number of esters is 1. The molecular formula is C14H13ClN4O2. The van der Waals surface area contributed by atoms with Crippen LogP contribution in [0, 0.1) is 18.3 Å². The Kier molecular flexibility index (Phi) is 4.15. The molecule has 2 N–H and O–H groups in total. The Hall–Kier alpha value is -2.52. The molecule has 6 nitrogen and oxygen atoms in total. The van der Waals surface area contributed by atoms with Crippen LogP contribution < -0.4 is 5.73 Å².